The summed E-state index contributed by atoms with van der Waals surface area (Å²) in [7, 11) is 0. The second-order valence-electron chi connectivity index (χ2n) is 3.84. The smallest absolute Gasteiger partial charge is 0.169 e. The molecule has 1 heterocycles. The van der Waals surface area contributed by atoms with Crippen LogP contribution >= 0.6 is 15.9 Å². The van der Waals surface area contributed by atoms with Gasteiger partial charge in [0.1, 0.15) is 18.2 Å². The van der Waals surface area contributed by atoms with Gasteiger partial charge in [-0.15, -0.1) is 0 Å². The average Bonchev–Trinajstić information content (AvgIpc) is 2.25. The van der Waals surface area contributed by atoms with Crippen molar-refractivity contribution in [2.24, 2.45) is 0 Å². The van der Waals surface area contributed by atoms with E-state index in [1.54, 1.807) is 13.0 Å². The Morgan fingerprint density at radius 2 is 2.00 bits per heavy atom. The molecule has 0 amide bonds. The predicted octanol–water partition coefficient (Wildman–Crippen LogP) is 2.99. The molecule has 0 aliphatic carbocycles. The highest BCUT2D eigenvalue weighted by Crippen LogP contribution is 2.29. The van der Waals surface area contributed by atoms with Gasteiger partial charge in [0, 0.05) is 17.8 Å². The first-order chi connectivity index (χ1) is 8.95. The summed E-state index contributed by atoms with van der Waals surface area (Å²) in [4.78, 5) is 8.05. The van der Waals surface area contributed by atoms with E-state index in [0.29, 0.717) is 17.3 Å². The fourth-order valence-electron chi connectivity index (χ4n) is 1.52. The van der Waals surface area contributed by atoms with Crippen LogP contribution in [0.4, 0.5) is 14.6 Å². The number of aromatic nitrogens is 2. The number of nitrogens with two attached hydrogens (primary N) is 1. The van der Waals surface area contributed by atoms with Crippen LogP contribution in [0.2, 0.25) is 0 Å². The van der Waals surface area contributed by atoms with Crippen LogP contribution in [-0.2, 0) is 6.61 Å². The first-order valence-electron chi connectivity index (χ1n) is 5.33. The molecule has 0 radical (unpaired) electrons. The fraction of sp³-hybridized carbons (Fsp3) is 0.167. The number of nitrogen functional groups attached to an aromatic ring is 1. The van der Waals surface area contributed by atoms with Crippen molar-refractivity contribution in [1.29, 1.82) is 0 Å². The molecule has 0 atom stereocenters. The van der Waals surface area contributed by atoms with Crippen molar-refractivity contribution in [3.05, 3.63) is 45.8 Å². The summed E-state index contributed by atoms with van der Waals surface area (Å²) in [6.45, 7) is 1.70. The molecule has 7 heteroatoms. The molecular weight excluding hydrogens is 320 g/mol. The molecule has 4 nitrogen and oxygen atoms in total. The molecule has 100 valence electrons. The van der Waals surface area contributed by atoms with Crippen molar-refractivity contribution in [3.63, 3.8) is 0 Å². The van der Waals surface area contributed by atoms with Gasteiger partial charge in [-0.3, -0.25) is 0 Å². The van der Waals surface area contributed by atoms with Gasteiger partial charge in [0.15, 0.2) is 17.4 Å². The van der Waals surface area contributed by atoms with Crippen LogP contribution in [0.25, 0.3) is 0 Å². The monoisotopic (exact) mass is 329 g/mol. The van der Waals surface area contributed by atoms with E-state index in [9.17, 15) is 8.78 Å². The molecular formula is C12H10BrF2N3O. The largest absolute Gasteiger partial charge is 0.481 e. The number of ether oxygens (including phenoxy) is 1. The Labute approximate surface area is 116 Å². The number of rotatable bonds is 3. The minimum atomic E-state index is -0.799. The summed E-state index contributed by atoms with van der Waals surface area (Å²) < 4.78 is 31.9. The zero-order chi connectivity index (χ0) is 14.0. The third kappa shape index (κ3) is 3.37. The third-order valence-electron chi connectivity index (χ3n) is 2.23. The van der Waals surface area contributed by atoms with Crippen LogP contribution < -0.4 is 10.5 Å². The summed E-state index contributed by atoms with van der Waals surface area (Å²) in [6.07, 6.45) is 0. The summed E-state index contributed by atoms with van der Waals surface area (Å²) in [5.74, 6) is -0.941. The maximum atomic E-state index is 13.5. The third-order valence-corrected chi connectivity index (χ3v) is 2.82. The van der Waals surface area contributed by atoms with Crippen LogP contribution in [0.5, 0.6) is 5.75 Å². The number of hydrogen-bond donors (Lipinski definition) is 1. The highest BCUT2D eigenvalue weighted by Gasteiger charge is 2.12. The molecule has 0 aliphatic rings. The number of hydrogen-bond acceptors (Lipinski definition) is 4. The molecule has 2 aromatic rings. The van der Waals surface area contributed by atoms with Crippen LogP contribution in [0.1, 0.15) is 11.5 Å². The maximum absolute atomic E-state index is 13.5. The van der Waals surface area contributed by atoms with Gasteiger partial charge in [-0.05, 0) is 28.9 Å². The molecule has 0 fully saturated rings. The zero-order valence-corrected chi connectivity index (χ0v) is 11.5. The Morgan fingerprint density at radius 3 is 2.63 bits per heavy atom. The number of anilines is 1. The normalized spacial score (nSPS) is 10.5. The first kappa shape index (κ1) is 13.7. The fourth-order valence-corrected chi connectivity index (χ4v) is 2.05. The Balaban J connectivity index is 2.19. The van der Waals surface area contributed by atoms with Crippen LogP contribution in [0, 0.1) is 18.6 Å². The van der Waals surface area contributed by atoms with E-state index in [4.69, 9.17) is 10.5 Å². The standard InChI is InChI=1S/C12H10BrF2N3O/c1-6-2-10(16)18-11(17-6)5-19-12-8(13)3-7(14)4-9(12)15/h2-4H,5H2,1H3,(H2,16,17,18). The van der Waals surface area contributed by atoms with Crippen molar-refractivity contribution in [2.75, 3.05) is 5.73 Å². The number of halogens is 3. The Bertz CT molecular complexity index is 579. The van der Waals surface area contributed by atoms with Gasteiger partial charge < -0.3 is 10.5 Å². The van der Waals surface area contributed by atoms with E-state index in [-0.39, 0.29) is 16.8 Å². The van der Waals surface area contributed by atoms with Crippen molar-refractivity contribution in [3.8, 4) is 5.75 Å². The minimum absolute atomic E-state index is 0.0625. The maximum Gasteiger partial charge on any atom is 0.169 e. The molecule has 0 aliphatic heterocycles. The Kier molecular flexibility index (Phi) is 3.94. The van der Waals surface area contributed by atoms with Gasteiger partial charge in [-0.2, -0.15) is 0 Å². The van der Waals surface area contributed by atoms with Gasteiger partial charge in [-0.25, -0.2) is 18.7 Å². The molecule has 0 unspecified atom stereocenters. The minimum Gasteiger partial charge on any atom is -0.481 e. The van der Waals surface area contributed by atoms with Gasteiger partial charge in [0.05, 0.1) is 4.47 Å². The molecule has 0 saturated heterocycles. The van der Waals surface area contributed by atoms with Gasteiger partial charge in [-0.1, -0.05) is 0 Å². The SMILES string of the molecule is Cc1cc(N)nc(COc2c(F)cc(F)cc2Br)n1. The number of benzene rings is 1. The van der Waals surface area contributed by atoms with E-state index >= 15 is 0 Å². The van der Waals surface area contributed by atoms with Crippen molar-refractivity contribution < 1.29 is 13.5 Å². The molecule has 0 spiro atoms. The van der Waals surface area contributed by atoms with Crippen LogP contribution in [0.15, 0.2) is 22.7 Å². The van der Waals surface area contributed by atoms with E-state index in [1.807, 2.05) is 0 Å². The van der Waals surface area contributed by atoms with Crippen LogP contribution in [0.3, 0.4) is 0 Å². The second-order valence-corrected chi connectivity index (χ2v) is 4.69. The van der Waals surface area contributed by atoms with E-state index in [1.165, 1.54) is 0 Å². The predicted molar refractivity (Wildman–Crippen MR) is 69.6 cm³/mol. The van der Waals surface area contributed by atoms with Gasteiger partial charge in [0.2, 0.25) is 0 Å². The average molecular weight is 330 g/mol. The lowest BCUT2D eigenvalue weighted by Gasteiger charge is -2.09. The molecule has 0 saturated carbocycles. The number of nitrogens with zero attached hydrogens (tertiary/aromatic N) is 2. The molecule has 0 bridgehead atoms. The Morgan fingerprint density at radius 1 is 1.26 bits per heavy atom. The molecule has 1 aromatic heterocycles. The second kappa shape index (κ2) is 5.48. The van der Waals surface area contributed by atoms with Crippen LogP contribution in [-0.4, -0.2) is 9.97 Å². The molecule has 2 N–H and O–H groups in total. The zero-order valence-electron chi connectivity index (χ0n) is 9.95. The van der Waals surface area contributed by atoms with Gasteiger partial charge in [0.25, 0.3) is 0 Å². The van der Waals surface area contributed by atoms with E-state index in [0.717, 1.165) is 12.1 Å². The highest BCUT2D eigenvalue weighted by atomic mass is 79.9. The summed E-state index contributed by atoms with van der Waals surface area (Å²) in [6, 6.07) is 3.47. The molecule has 1 aromatic carbocycles. The quantitative estimate of drug-likeness (QED) is 0.940. The van der Waals surface area contributed by atoms with Crippen molar-refractivity contribution in [1.82, 2.24) is 9.97 Å². The van der Waals surface area contributed by atoms with Crippen molar-refractivity contribution in [2.45, 2.75) is 13.5 Å². The van der Waals surface area contributed by atoms with E-state index < -0.39 is 11.6 Å². The highest BCUT2D eigenvalue weighted by molar-refractivity contribution is 9.10. The lowest BCUT2D eigenvalue weighted by atomic mass is 10.3. The molecule has 19 heavy (non-hydrogen) atoms. The van der Waals surface area contributed by atoms with Gasteiger partial charge >= 0.3 is 0 Å². The first-order valence-corrected chi connectivity index (χ1v) is 6.12. The summed E-state index contributed by atoms with van der Waals surface area (Å²) in [5, 5.41) is 0. The Hall–Kier alpha value is -1.76. The number of aryl methyl sites for hydroxylation is 1. The lowest BCUT2D eigenvalue weighted by Crippen LogP contribution is -2.06. The van der Waals surface area contributed by atoms with Crippen molar-refractivity contribution >= 4 is 21.7 Å². The summed E-state index contributed by atoms with van der Waals surface area (Å²) in [5.41, 5.74) is 6.25. The topological polar surface area (TPSA) is 61.0 Å². The lowest BCUT2D eigenvalue weighted by molar-refractivity contribution is 0.278. The molecule has 2 rings (SSSR count). The van der Waals surface area contributed by atoms with E-state index in [2.05, 4.69) is 25.9 Å². The summed E-state index contributed by atoms with van der Waals surface area (Å²) >= 11 is 3.03.